The first kappa shape index (κ1) is 20.8. The molecule has 1 unspecified atom stereocenters. The number of nitrogens with one attached hydrogen (secondary N) is 1. The Kier molecular flexibility index (Phi) is 5.79. The number of carbonyl (C=O) groups excluding carboxylic acids is 1. The van der Waals surface area contributed by atoms with Crippen LogP contribution in [0.4, 0.5) is 4.39 Å². The lowest BCUT2D eigenvalue weighted by molar-refractivity contribution is -0.0638. The number of nitrogens with zero attached hydrogens (tertiary/aromatic N) is 1. The van der Waals surface area contributed by atoms with Crippen molar-refractivity contribution in [2.75, 3.05) is 20.1 Å². The number of amides is 1. The third-order valence-corrected chi connectivity index (χ3v) is 6.83. The predicted molar refractivity (Wildman–Crippen MR) is 124 cm³/mol. The van der Waals surface area contributed by atoms with Gasteiger partial charge in [0, 0.05) is 36.8 Å². The van der Waals surface area contributed by atoms with E-state index in [1.54, 1.807) is 23.1 Å². The van der Waals surface area contributed by atoms with Crippen LogP contribution in [0.1, 0.15) is 35.7 Å². The summed E-state index contributed by atoms with van der Waals surface area (Å²) in [7, 11) is 4.75. The fraction of sp³-hybridized carbons (Fsp3) is 0.320. The number of carbonyl (C=O) groups is 1. The third-order valence-electron chi connectivity index (χ3n) is 6.33. The Hall–Kier alpha value is -2.45. The molecule has 5 heteroatoms. The van der Waals surface area contributed by atoms with E-state index in [4.69, 9.17) is 0 Å². The first-order valence-electron chi connectivity index (χ1n) is 10.4. The highest BCUT2D eigenvalue weighted by molar-refractivity contribution is 7.27. The molecule has 156 valence electrons. The molecule has 3 nitrogen and oxygen atoms in total. The van der Waals surface area contributed by atoms with E-state index >= 15 is 0 Å². The summed E-state index contributed by atoms with van der Waals surface area (Å²) in [6.45, 7) is 3.61. The van der Waals surface area contributed by atoms with Crippen LogP contribution < -0.4 is 10.6 Å². The van der Waals surface area contributed by atoms with Crippen LogP contribution in [0.3, 0.4) is 0 Å². The van der Waals surface area contributed by atoms with Gasteiger partial charge in [-0.15, -0.1) is 9.24 Å². The van der Waals surface area contributed by atoms with Crippen molar-refractivity contribution in [1.29, 1.82) is 0 Å². The maximum Gasteiger partial charge on any atom is 0.256 e. The van der Waals surface area contributed by atoms with Gasteiger partial charge in [0.2, 0.25) is 0 Å². The van der Waals surface area contributed by atoms with Crippen molar-refractivity contribution < 1.29 is 9.18 Å². The average molecular weight is 422 g/mol. The Balaban J connectivity index is 1.34. The van der Waals surface area contributed by atoms with Crippen LogP contribution in [0, 0.1) is 17.2 Å². The molecular formula is C25H28FN2OP. The largest absolute Gasteiger partial charge is 0.387 e. The fourth-order valence-corrected chi connectivity index (χ4v) is 5.14. The van der Waals surface area contributed by atoms with Crippen LogP contribution in [0.15, 0.2) is 66.3 Å². The van der Waals surface area contributed by atoms with Crippen molar-refractivity contribution in [3.05, 3.63) is 83.2 Å². The molecule has 0 radical (unpaired) electrons. The van der Waals surface area contributed by atoms with Gasteiger partial charge in [-0.1, -0.05) is 48.6 Å². The topological polar surface area (TPSA) is 32.3 Å². The van der Waals surface area contributed by atoms with Crippen LogP contribution in [-0.4, -0.2) is 30.9 Å². The highest BCUT2D eigenvalue weighted by atomic mass is 31.0. The molecule has 1 heterocycles. The monoisotopic (exact) mass is 422 g/mol. The number of hydrogen-bond acceptors (Lipinski definition) is 2. The molecule has 1 atom stereocenters. The van der Waals surface area contributed by atoms with Crippen molar-refractivity contribution in [1.82, 2.24) is 10.2 Å². The van der Waals surface area contributed by atoms with E-state index in [1.165, 1.54) is 22.5 Å². The van der Waals surface area contributed by atoms with E-state index in [-0.39, 0.29) is 16.9 Å². The Labute approximate surface area is 180 Å². The van der Waals surface area contributed by atoms with Crippen LogP contribution in [0.2, 0.25) is 0 Å². The first-order chi connectivity index (χ1) is 14.4. The summed E-state index contributed by atoms with van der Waals surface area (Å²) in [6.07, 6.45) is 6.69. The molecular weight excluding hydrogens is 394 g/mol. The van der Waals surface area contributed by atoms with Crippen molar-refractivity contribution in [2.45, 2.75) is 19.8 Å². The normalized spacial score (nSPS) is 18.7. The molecule has 1 amide bonds. The number of halogens is 1. The first-order valence-corrected chi connectivity index (χ1v) is 11.0. The molecule has 4 rings (SSSR count). The number of allylic oxidation sites excluding steroid dienone is 3. The van der Waals surface area contributed by atoms with Crippen LogP contribution in [0.5, 0.6) is 0 Å². The highest BCUT2D eigenvalue weighted by Gasteiger charge is 2.53. The van der Waals surface area contributed by atoms with E-state index in [0.29, 0.717) is 5.92 Å². The SMILES string of the molecule is CN/C(=C(C)\C=C/C1CC2(C1)CN(C(=O)c1ccccc1F)C2)c1ccccc1P. The second kappa shape index (κ2) is 8.35. The molecule has 1 N–H and O–H groups in total. The summed E-state index contributed by atoms with van der Waals surface area (Å²) >= 11 is 0. The smallest absolute Gasteiger partial charge is 0.256 e. The van der Waals surface area contributed by atoms with Crippen molar-refractivity contribution in [3.63, 3.8) is 0 Å². The molecule has 2 aromatic rings. The minimum absolute atomic E-state index is 0.179. The molecule has 1 spiro atoms. The number of likely N-dealkylation sites (tertiary alicyclic amines) is 1. The summed E-state index contributed by atoms with van der Waals surface area (Å²) in [5.41, 5.74) is 3.94. The molecule has 30 heavy (non-hydrogen) atoms. The highest BCUT2D eigenvalue weighted by Crippen LogP contribution is 2.52. The molecule has 0 bridgehead atoms. The molecule has 2 aliphatic rings. The number of rotatable bonds is 5. The summed E-state index contributed by atoms with van der Waals surface area (Å²) < 4.78 is 13.9. The second-order valence-corrected chi connectivity index (χ2v) is 9.19. The van der Waals surface area contributed by atoms with Gasteiger partial charge in [-0.25, -0.2) is 4.39 Å². The van der Waals surface area contributed by atoms with Crippen molar-refractivity contribution in [2.24, 2.45) is 11.3 Å². The maximum atomic E-state index is 13.9. The van der Waals surface area contributed by atoms with E-state index in [2.05, 4.69) is 51.8 Å². The lowest BCUT2D eigenvalue weighted by Gasteiger charge is -2.58. The summed E-state index contributed by atoms with van der Waals surface area (Å²) in [4.78, 5) is 14.3. The van der Waals surface area contributed by atoms with Gasteiger partial charge >= 0.3 is 0 Å². The summed E-state index contributed by atoms with van der Waals surface area (Å²) in [5, 5.41) is 4.51. The van der Waals surface area contributed by atoms with Crippen molar-refractivity contribution >= 4 is 26.1 Å². The molecule has 0 aromatic heterocycles. The maximum absolute atomic E-state index is 13.9. The van der Waals surface area contributed by atoms with Gasteiger partial charge in [0.1, 0.15) is 5.82 Å². The zero-order valence-corrected chi connectivity index (χ0v) is 18.6. The van der Waals surface area contributed by atoms with Crippen molar-refractivity contribution in [3.8, 4) is 0 Å². The standard InChI is InChI=1S/C25H28FN2OP/c1-17(23(27-2)20-8-4-6-10-22(20)30)11-12-18-13-25(14-18)15-28(16-25)24(29)19-7-3-5-9-21(19)26/h3-12,18,27H,13-16,30H2,1-2H3/b12-11-,23-17-. The Morgan fingerprint density at radius 1 is 1.13 bits per heavy atom. The molecule has 1 saturated heterocycles. The quantitative estimate of drug-likeness (QED) is 0.573. The summed E-state index contributed by atoms with van der Waals surface area (Å²) in [5.74, 6) is -0.0891. The third kappa shape index (κ3) is 3.94. The van der Waals surface area contributed by atoms with Crippen LogP contribution in [0.25, 0.3) is 5.70 Å². The van der Waals surface area contributed by atoms with Gasteiger partial charge in [0.05, 0.1) is 5.56 Å². The predicted octanol–water partition coefficient (Wildman–Crippen LogP) is 4.39. The fourth-order valence-electron chi connectivity index (χ4n) is 4.79. The minimum atomic E-state index is -0.437. The average Bonchev–Trinajstić information content (AvgIpc) is 2.67. The minimum Gasteiger partial charge on any atom is -0.387 e. The van der Waals surface area contributed by atoms with Gasteiger partial charge < -0.3 is 10.2 Å². The van der Waals surface area contributed by atoms with Gasteiger partial charge in [0.15, 0.2) is 0 Å². The van der Waals surface area contributed by atoms with E-state index in [1.807, 2.05) is 13.1 Å². The lowest BCUT2D eigenvalue weighted by atomic mass is 9.57. The molecule has 2 fully saturated rings. The van der Waals surface area contributed by atoms with E-state index in [0.717, 1.165) is 31.6 Å². The Bertz CT molecular complexity index is 1020. The van der Waals surface area contributed by atoms with E-state index < -0.39 is 5.82 Å². The zero-order valence-electron chi connectivity index (χ0n) is 17.5. The second-order valence-electron chi connectivity index (χ2n) is 8.56. The van der Waals surface area contributed by atoms with Crippen LogP contribution >= 0.6 is 9.24 Å². The molecule has 1 aliphatic heterocycles. The Morgan fingerprint density at radius 3 is 2.40 bits per heavy atom. The van der Waals surface area contributed by atoms with Crippen LogP contribution in [-0.2, 0) is 0 Å². The number of hydrogen-bond donors (Lipinski definition) is 1. The summed E-state index contributed by atoms with van der Waals surface area (Å²) in [6, 6.07) is 14.5. The Morgan fingerprint density at radius 2 is 1.77 bits per heavy atom. The van der Waals surface area contributed by atoms with Gasteiger partial charge in [0.25, 0.3) is 5.91 Å². The van der Waals surface area contributed by atoms with E-state index in [9.17, 15) is 9.18 Å². The molecule has 1 aliphatic carbocycles. The van der Waals surface area contributed by atoms with Gasteiger partial charge in [-0.3, -0.25) is 4.79 Å². The zero-order chi connectivity index (χ0) is 21.3. The number of benzene rings is 2. The van der Waals surface area contributed by atoms with Gasteiger partial charge in [-0.2, -0.15) is 0 Å². The lowest BCUT2D eigenvalue weighted by Crippen LogP contribution is -2.63. The molecule has 2 aromatic carbocycles. The van der Waals surface area contributed by atoms with Gasteiger partial charge in [-0.05, 0) is 48.7 Å². The molecule has 1 saturated carbocycles.